The fourth-order valence-electron chi connectivity index (χ4n) is 2.09. The van der Waals surface area contributed by atoms with Crippen LogP contribution in [0.4, 0.5) is 4.39 Å². The van der Waals surface area contributed by atoms with E-state index in [1.807, 2.05) is 13.8 Å². The smallest absolute Gasteiger partial charge is 0.146 e. The maximum absolute atomic E-state index is 13.9. The van der Waals surface area contributed by atoms with Gasteiger partial charge in [0.1, 0.15) is 5.82 Å². The summed E-state index contributed by atoms with van der Waals surface area (Å²) in [5.74, 6) is -0.422. The average Bonchev–Trinajstić information content (AvgIpc) is 2.37. The van der Waals surface area contributed by atoms with Crippen molar-refractivity contribution < 1.29 is 4.39 Å². The van der Waals surface area contributed by atoms with Crippen molar-refractivity contribution in [3.63, 3.8) is 0 Å². The van der Waals surface area contributed by atoms with Gasteiger partial charge in [0.25, 0.3) is 0 Å². The standard InChI is InChI=1S/C16H15Cl2F/c1-10-6-7-11(2)12(8-10)9-15(18)13-4-3-5-14(17)16(13)19/h3-8,15H,9H2,1-2H3. The lowest BCUT2D eigenvalue weighted by Gasteiger charge is -2.14. The first-order valence-corrected chi connectivity index (χ1v) is 6.94. The molecule has 1 atom stereocenters. The van der Waals surface area contributed by atoms with Crippen molar-refractivity contribution in [2.45, 2.75) is 25.6 Å². The third-order valence-electron chi connectivity index (χ3n) is 3.22. The van der Waals surface area contributed by atoms with Crippen LogP contribution in [0.25, 0.3) is 0 Å². The Balaban J connectivity index is 2.28. The Morgan fingerprint density at radius 3 is 2.63 bits per heavy atom. The van der Waals surface area contributed by atoms with Crippen molar-refractivity contribution >= 4 is 23.2 Å². The molecule has 2 aromatic carbocycles. The van der Waals surface area contributed by atoms with Gasteiger partial charge in [0.2, 0.25) is 0 Å². The Kier molecular flexibility index (Phi) is 4.49. The van der Waals surface area contributed by atoms with Gasteiger partial charge in [-0.1, -0.05) is 47.5 Å². The van der Waals surface area contributed by atoms with Crippen molar-refractivity contribution in [1.82, 2.24) is 0 Å². The molecule has 0 radical (unpaired) electrons. The molecule has 0 aliphatic carbocycles. The number of aryl methyl sites for hydroxylation is 2. The molecule has 0 nitrogen and oxygen atoms in total. The van der Waals surface area contributed by atoms with E-state index in [1.54, 1.807) is 12.1 Å². The molecule has 0 fully saturated rings. The number of halogens is 3. The van der Waals surface area contributed by atoms with Crippen molar-refractivity contribution in [2.75, 3.05) is 0 Å². The normalized spacial score (nSPS) is 12.5. The van der Waals surface area contributed by atoms with Gasteiger partial charge in [0.05, 0.1) is 10.4 Å². The molecule has 19 heavy (non-hydrogen) atoms. The highest BCUT2D eigenvalue weighted by molar-refractivity contribution is 6.31. The highest BCUT2D eigenvalue weighted by Crippen LogP contribution is 2.31. The fourth-order valence-corrected chi connectivity index (χ4v) is 2.60. The van der Waals surface area contributed by atoms with Gasteiger partial charge in [-0.25, -0.2) is 4.39 Å². The van der Waals surface area contributed by atoms with E-state index in [4.69, 9.17) is 23.2 Å². The molecule has 0 spiro atoms. The molecule has 0 aromatic heterocycles. The zero-order chi connectivity index (χ0) is 14.0. The summed E-state index contributed by atoms with van der Waals surface area (Å²) < 4.78 is 13.9. The van der Waals surface area contributed by atoms with Gasteiger partial charge < -0.3 is 0 Å². The maximum atomic E-state index is 13.9. The Morgan fingerprint density at radius 2 is 1.89 bits per heavy atom. The van der Waals surface area contributed by atoms with E-state index in [0.717, 1.165) is 5.56 Å². The maximum Gasteiger partial charge on any atom is 0.146 e. The van der Waals surface area contributed by atoms with E-state index in [0.29, 0.717) is 12.0 Å². The summed E-state index contributed by atoms with van der Waals surface area (Å²) in [6.07, 6.45) is 0.590. The number of hydrogen-bond donors (Lipinski definition) is 0. The van der Waals surface area contributed by atoms with Gasteiger partial charge in [0.15, 0.2) is 0 Å². The van der Waals surface area contributed by atoms with Crippen LogP contribution in [-0.4, -0.2) is 0 Å². The second-order valence-corrected chi connectivity index (χ2v) is 5.68. The third kappa shape index (κ3) is 3.29. The second-order valence-electron chi connectivity index (χ2n) is 4.74. The first kappa shape index (κ1) is 14.4. The van der Waals surface area contributed by atoms with E-state index >= 15 is 0 Å². The molecule has 0 saturated carbocycles. The van der Waals surface area contributed by atoms with Crippen LogP contribution in [0.15, 0.2) is 36.4 Å². The monoisotopic (exact) mass is 296 g/mol. The highest BCUT2D eigenvalue weighted by atomic mass is 35.5. The van der Waals surface area contributed by atoms with E-state index in [9.17, 15) is 4.39 Å². The number of hydrogen-bond acceptors (Lipinski definition) is 0. The van der Waals surface area contributed by atoms with E-state index < -0.39 is 11.2 Å². The third-order valence-corrected chi connectivity index (χ3v) is 3.90. The molecular formula is C16H15Cl2F. The lowest BCUT2D eigenvalue weighted by Crippen LogP contribution is -2.01. The van der Waals surface area contributed by atoms with Crippen LogP contribution in [0.5, 0.6) is 0 Å². The van der Waals surface area contributed by atoms with Crippen LogP contribution in [0.1, 0.15) is 27.6 Å². The number of rotatable bonds is 3. The summed E-state index contributed by atoms with van der Waals surface area (Å²) in [7, 11) is 0. The number of alkyl halides is 1. The summed E-state index contributed by atoms with van der Waals surface area (Å²) in [5, 5.41) is -0.302. The van der Waals surface area contributed by atoms with Crippen molar-refractivity contribution in [3.05, 3.63) is 69.5 Å². The molecule has 0 N–H and O–H groups in total. The minimum absolute atomic E-state index is 0.115. The minimum Gasteiger partial charge on any atom is -0.205 e. The summed E-state index contributed by atoms with van der Waals surface area (Å²) >= 11 is 12.1. The Hall–Kier alpha value is -1.05. The summed E-state index contributed by atoms with van der Waals surface area (Å²) in [6, 6.07) is 11.1. The van der Waals surface area contributed by atoms with Crippen molar-refractivity contribution in [1.29, 1.82) is 0 Å². The zero-order valence-corrected chi connectivity index (χ0v) is 12.4. The van der Waals surface area contributed by atoms with Crippen molar-refractivity contribution in [2.24, 2.45) is 0 Å². The van der Waals surface area contributed by atoms with Gasteiger partial charge in [-0.2, -0.15) is 0 Å². The average molecular weight is 297 g/mol. The molecule has 100 valence electrons. The van der Waals surface area contributed by atoms with E-state index in [-0.39, 0.29) is 5.02 Å². The zero-order valence-electron chi connectivity index (χ0n) is 10.9. The first-order chi connectivity index (χ1) is 8.99. The fraction of sp³-hybridized carbons (Fsp3) is 0.250. The van der Waals surface area contributed by atoms with E-state index in [2.05, 4.69) is 18.2 Å². The van der Waals surface area contributed by atoms with E-state index in [1.165, 1.54) is 17.2 Å². The molecule has 0 saturated heterocycles. The Morgan fingerprint density at radius 1 is 1.16 bits per heavy atom. The Bertz CT molecular complexity index is 593. The molecule has 0 aliphatic rings. The van der Waals surface area contributed by atoms with Crippen LogP contribution in [0.2, 0.25) is 5.02 Å². The molecule has 0 bridgehead atoms. The van der Waals surface area contributed by atoms with Crippen LogP contribution >= 0.6 is 23.2 Å². The summed E-state index contributed by atoms with van der Waals surface area (Å²) in [5.41, 5.74) is 3.93. The quantitative estimate of drug-likeness (QED) is 0.645. The van der Waals surface area contributed by atoms with Gasteiger partial charge in [0, 0.05) is 5.56 Å². The molecule has 2 aromatic rings. The molecule has 0 aliphatic heterocycles. The number of benzene rings is 2. The predicted octanol–water partition coefficient (Wildman–Crippen LogP) is 5.62. The molecule has 3 heteroatoms. The Labute approximate surface area is 123 Å². The SMILES string of the molecule is Cc1ccc(C)c(CC(Cl)c2cccc(Cl)c2F)c1. The van der Waals surface area contributed by atoms with Crippen LogP contribution in [-0.2, 0) is 6.42 Å². The topological polar surface area (TPSA) is 0 Å². The molecule has 0 heterocycles. The van der Waals surface area contributed by atoms with Gasteiger partial charge in [-0.15, -0.1) is 11.6 Å². The molecule has 1 unspecified atom stereocenters. The summed E-state index contributed by atoms with van der Waals surface area (Å²) in [6.45, 7) is 4.07. The van der Waals surface area contributed by atoms with Crippen LogP contribution in [0, 0.1) is 19.7 Å². The second kappa shape index (κ2) is 5.94. The molecule has 2 rings (SSSR count). The van der Waals surface area contributed by atoms with Crippen LogP contribution in [0.3, 0.4) is 0 Å². The molecular weight excluding hydrogens is 282 g/mol. The largest absolute Gasteiger partial charge is 0.205 e. The van der Waals surface area contributed by atoms with Crippen molar-refractivity contribution in [3.8, 4) is 0 Å². The van der Waals surface area contributed by atoms with Gasteiger partial charge >= 0.3 is 0 Å². The highest BCUT2D eigenvalue weighted by Gasteiger charge is 2.16. The van der Waals surface area contributed by atoms with Gasteiger partial charge in [-0.3, -0.25) is 0 Å². The predicted molar refractivity (Wildman–Crippen MR) is 79.6 cm³/mol. The van der Waals surface area contributed by atoms with Gasteiger partial charge in [-0.05, 0) is 37.5 Å². The lowest BCUT2D eigenvalue weighted by molar-refractivity contribution is 0.606. The lowest BCUT2D eigenvalue weighted by atomic mass is 9.98. The summed E-state index contributed by atoms with van der Waals surface area (Å²) in [4.78, 5) is 0. The van der Waals surface area contributed by atoms with Crippen LogP contribution < -0.4 is 0 Å². The first-order valence-electron chi connectivity index (χ1n) is 6.13. The molecule has 0 amide bonds. The minimum atomic E-state index is -0.422.